The maximum absolute atomic E-state index is 12.4. The SMILES string of the molecule is COc1cc(C=CC(=O)c2cnn(C(C)C)c2)ccc1OCC(=O)Nc1ccccc1Cl. The molecule has 8 heteroatoms. The molecule has 0 spiro atoms. The summed E-state index contributed by atoms with van der Waals surface area (Å²) in [6.45, 7) is 3.77. The average Bonchev–Trinajstić information content (AvgIpc) is 3.29. The molecule has 0 aliphatic rings. The van der Waals surface area contributed by atoms with Crippen LogP contribution in [0.25, 0.3) is 6.08 Å². The second-order valence-corrected chi connectivity index (χ2v) is 7.63. The minimum Gasteiger partial charge on any atom is -0.493 e. The summed E-state index contributed by atoms with van der Waals surface area (Å²) < 4.78 is 12.7. The zero-order valence-electron chi connectivity index (χ0n) is 18.0. The first-order chi connectivity index (χ1) is 15.4. The molecular weight excluding hydrogens is 430 g/mol. The number of nitrogens with one attached hydrogen (secondary N) is 1. The molecule has 0 fully saturated rings. The van der Waals surface area contributed by atoms with Crippen LogP contribution in [0.2, 0.25) is 5.02 Å². The van der Waals surface area contributed by atoms with Gasteiger partial charge in [-0.05, 0) is 49.8 Å². The largest absolute Gasteiger partial charge is 0.493 e. The summed E-state index contributed by atoms with van der Waals surface area (Å²) in [5, 5.41) is 7.32. The molecule has 0 atom stereocenters. The van der Waals surface area contributed by atoms with Crippen LogP contribution >= 0.6 is 11.6 Å². The lowest BCUT2D eigenvalue weighted by atomic mass is 10.1. The van der Waals surface area contributed by atoms with E-state index in [-0.39, 0.29) is 24.3 Å². The maximum Gasteiger partial charge on any atom is 0.262 e. The molecule has 2 aromatic carbocycles. The molecule has 32 heavy (non-hydrogen) atoms. The number of carbonyl (C=O) groups is 2. The van der Waals surface area contributed by atoms with Crippen LogP contribution in [0.15, 0.2) is 60.9 Å². The molecule has 0 saturated carbocycles. The molecule has 0 saturated heterocycles. The fraction of sp³-hybridized carbons (Fsp3) is 0.208. The Kier molecular flexibility index (Phi) is 7.68. The van der Waals surface area contributed by atoms with Crippen LogP contribution in [0.4, 0.5) is 5.69 Å². The van der Waals surface area contributed by atoms with Gasteiger partial charge in [-0.2, -0.15) is 5.10 Å². The molecule has 1 N–H and O–H groups in total. The van der Waals surface area contributed by atoms with Crippen molar-refractivity contribution in [2.75, 3.05) is 19.0 Å². The number of ether oxygens (including phenoxy) is 2. The Morgan fingerprint density at radius 1 is 1.19 bits per heavy atom. The zero-order chi connectivity index (χ0) is 23.1. The first kappa shape index (κ1) is 23.1. The summed E-state index contributed by atoms with van der Waals surface area (Å²) in [6, 6.07) is 12.3. The topological polar surface area (TPSA) is 82.4 Å². The van der Waals surface area contributed by atoms with E-state index >= 15 is 0 Å². The van der Waals surface area contributed by atoms with E-state index < -0.39 is 0 Å². The summed E-state index contributed by atoms with van der Waals surface area (Å²) in [7, 11) is 1.50. The Bertz CT molecular complexity index is 1140. The molecule has 0 aliphatic carbocycles. The third-order valence-corrected chi connectivity index (χ3v) is 4.87. The molecule has 1 amide bonds. The highest BCUT2D eigenvalue weighted by Crippen LogP contribution is 2.29. The van der Waals surface area contributed by atoms with Crippen molar-refractivity contribution < 1.29 is 19.1 Å². The lowest BCUT2D eigenvalue weighted by Crippen LogP contribution is -2.20. The molecule has 166 valence electrons. The van der Waals surface area contributed by atoms with Crippen molar-refractivity contribution in [2.45, 2.75) is 19.9 Å². The van der Waals surface area contributed by atoms with Crippen molar-refractivity contribution in [2.24, 2.45) is 0 Å². The Morgan fingerprint density at radius 3 is 2.66 bits per heavy atom. The van der Waals surface area contributed by atoms with E-state index in [4.69, 9.17) is 21.1 Å². The number of rotatable bonds is 9. The highest BCUT2D eigenvalue weighted by atomic mass is 35.5. The third kappa shape index (κ3) is 5.98. The smallest absolute Gasteiger partial charge is 0.262 e. The first-order valence-corrected chi connectivity index (χ1v) is 10.4. The second-order valence-electron chi connectivity index (χ2n) is 7.23. The van der Waals surface area contributed by atoms with Crippen LogP contribution in [0.1, 0.15) is 35.8 Å². The number of anilines is 1. The van der Waals surface area contributed by atoms with Gasteiger partial charge in [-0.25, -0.2) is 0 Å². The van der Waals surface area contributed by atoms with E-state index in [0.717, 1.165) is 5.56 Å². The van der Waals surface area contributed by atoms with Gasteiger partial charge in [0.05, 0.1) is 29.6 Å². The van der Waals surface area contributed by atoms with Crippen LogP contribution in [-0.4, -0.2) is 35.2 Å². The van der Waals surface area contributed by atoms with Crippen LogP contribution in [0.5, 0.6) is 11.5 Å². The highest BCUT2D eigenvalue weighted by molar-refractivity contribution is 6.33. The first-order valence-electron chi connectivity index (χ1n) is 9.99. The quantitative estimate of drug-likeness (QED) is 0.362. The van der Waals surface area contributed by atoms with Crippen LogP contribution < -0.4 is 14.8 Å². The number of methoxy groups -OCH3 is 1. The second kappa shape index (κ2) is 10.6. The lowest BCUT2D eigenvalue weighted by molar-refractivity contribution is -0.118. The molecule has 3 aromatic rings. The number of hydrogen-bond donors (Lipinski definition) is 1. The molecule has 0 radical (unpaired) electrons. The Labute approximate surface area is 191 Å². The molecule has 1 aromatic heterocycles. The summed E-state index contributed by atoms with van der Waals surface area (Å²) in [5.41, 5.74) is 1.78. The summed E-state index contributed by atoms with van der Waals surface area (Å²) in [5.74, 6) is 0.352. The van der Waals surface area contributed by atoms with E-state index in [1.165, 1.54) is 13.2 Å². The molecule has 7 nitrogen and oxygen atoms in total. The van der Waals surface area contributed by atoms with Gasteiger partial charge in [-0.3, -0.25) is 14.3 Å². The van der Waals surface area contributed by atoms with Crippen LogP contribution in [0, 0.1) is 0 Å². The number of halogens is 1. The molecular formula is C24H24ClN3O4. The van der Waals surface area contributed by atoms with Crippen molar-refractivity contribution in [1.82, 2.24) is 9.78 Å². The van der Waals surface area contributed by atoms with E-state index in [1.807, 2.05) is 13.8 Å². The minimum atomic E-state index is -0.350. The number of carbonyl (C=O) groups excluding carboxylic acids is 2. The zero-order valence-corrected chi connectivity index (χ0v) is 18.8. The predicted molar refractivity (Wildman–Crippen MR) is 125 cm³/mol. The van der Waals surface area contributed by atoms with Gasteiger partial charge in [0.2, 0.25) is 0 Å². The van der Waals surface area contributed by atoms with Gasteiger partial charge >= 0.3 is 0 Å². The van der Waals surface area contributed by atoms with Crippen LogP contribution in [0.3, 0.4) is 0 Å². The molecule has 3 rings (SSSR count). The summed E-state index contributed by atoms with van der Waals surface area (Å²) in [6.07, 6.45) is 6.44. The predicted octanol–water partition coefficient (Wildman–Crippen LogP) is 5.04. The van der Waals surface area contributed by atoms with Crippen LogP contribution in [-0.2, 0) is 4.79 Å². The number of hydrogen-bond acceptors (Lipinski definition) is 5. The van der Waals surface area contributed by atoms with Crippen molar-refractivity contribution >= 4 is 35.1 Å². The maximum atomic E-state index is 12.4. The monoisotopic (exact) mass is 453 g/mol. The molecule has 0 unspecified atom stereocenters. The lowest BCUT2D eigenvalue weighted by Gasteiger charge is -2.12. The van der Waals surface area contributed by atoms with Gasteiger partial charge in [0.25, 0.3) is 5.91 Å². The molecule has 1 heterocycles. The Hall–Kier alpha value is -3.58. The molecule has 0 aliphatic heterocycles. The van der Waals surface area contributed by atoms with Gasteiger partial charge < -0.3 is 14.8 Å². The number of para-hydroxylation sites is 1. The van der Waals surface area contributed by atoms with Gasteiger partial charge in [0.1, 0.15) is 0 Å². The van der Waals surface area contributed by atoms with Gasteiger partial charge in [0.15, 0.2) is 23.9 Å². The number of benzene rings is 2. The number of amides is 1. The number of allylic oxidation sites excluding steroid dienone is 1. The van der Waals surface area contributed by atoms with E-state index in [9.17, 15) is 9.59 Å². The van der Waals surface area contributed by atoms with Crippen molar-refractivity contribution in [1.29, 1.82) is 0 Å². The van der Waals surface area contributed by atoms with E-state index in [1.54, 1.807) is 65.6 Å². The van der Waals surface area contributed by atoms with E-state index in [2.05, 4.69) is 10.4 Å². The van der Waals surface area contributed by atoms with Crippen molar-refractivity contribution in [3.05, 3.63) is 77.1 Å². The standard InChI is InChI=1S/C24H24ClN3O4/c1-16(2)28-14-18(13-26-28)21(29)10-8-17-9-11-22(23(12-17)31-3)32-15-24(30)27-20-7-5-4-6-19(20)25/h4-14,16H,15H2,1-3H3,(H,27,30). The summed E-state index contributed by atoms with van der Waals surface area (Å²) >= 11 is 6.05. The number of aromatic nitrogens is 2. The van der Waals surface area contributed by atoms with Crippen molar-refractivity contribution in [3.63, 3.8) is 0 Å². The third-order valence-electron chi connectivity index (χ3n) is 4.54. The normalized spacial score (nSPS) is 11.0. The number of ketones is 1. The fourth-order valence-electron chi connectivity index (χ4n) is 2.82. The van der Waals surface area contributed by atoms with Gasteiger partial charge in [-0.1, -0.05) is 35.9 Å². The molecule has 0 bridgehead atoms. The Morgan fingerprint density at radius 2 is 1.97 bits per heavy atom. The van der Waals surface area contributed by atoms with Crippen molar-refractivity contribution in [3.8, 4) is 11.5 Å². The number of nitrogens with zero attached hydrogens (tertiary/aromatic N) is 2. The minimum absolute atomic E-state index is 0.146. The van der Waals surface area contributed by atoms with E-state index in [0.29, 0.717) is 27.8 Å². The van der Waals surface area contributed by atoms with Gasteiger partial charge in [0, 0.05) is 12.2 Å². The average molecular weight is 454 g/mol. The highest BCUT2D eigenvalue weighted by Gasteiger charge is 2.11. The van der Waals surface area contributed by atoms with Gasteiger partial charge in [-0.15, -0.1) is 0 Å². The summed E-state index contributed by atoms with van der Waals surface area (Å²) in [4.78, 5) is 24.5. The Balaban J connectivity index is 1.62. The fourth-order valence-corrected chi connectivity index (χ4v) is 3.00.